The molecule has 0 saturated carbocycles. The molecule has 0 aliphatic rings. The van der Waals surface area contributed by atoms with Crippen LogP contribution in [0.4, 0.5) is 8.78 Å². The summed E-state index contributed by atoms with van der Waals surface area (Å²) in [6.45, 7) is 9.51. The highest BCUT2D eigenvalue weighted by molar-refractivity contribution is 5.43. The van der Waals surface area contributed by atoms with Gasteiger partial charge >= 0.3 is 0 Å². The van der Waals surface area contributed by atoms with Crippen LogP contribution >= 0.6 is 0 Å². The highest BCUT2D eigenvalue weighted by Gasteiger charge is 2.28. The summed E-state index contributed by atoms with van der Waals surface area (Å²) in [7, 11) is 0. The lowest BCUT2D eigenvalue weighted by Crippen LogP contribution is -2.23. The number of benzene rings is 2. The van der Waals surface area contributed by atoms with Crippen LogP contribution in [0.15, 0.2) is 36.4 Å². The Bertz CT molecular complexity index is 712. The molecule has 0 aliphatic carbocycles. The fraction of sp³-hybridized carbons (Fsp3) is 0.400. The zero-order valence-corrected chi connectivity index (χ0v) is 14.4. The van der Waals surface area contributed by atoms with Crippen molar-refractivity contribution in [3.05, 3.63) is 64.7 Å². The molecule has 124 valence electrons. The predicted molar refractivity (Wildman–Crippen MR) is 89.9 cm³/mol. The van der Waals surface area contributed by atoms with Gasteiger partial charge in [0.2, 0.25) is 0 Å². The Morgan fingerprint density at radius 1 is 0.870 bits per heavy atom. The lowest BCUT2D eigenvalue weighted by atomic mass is 9.78. The smallest absolute Gasteiger partial charge is 0.168 e. The molecule has 0 atom stereocenters. The SMILES string of the molecule is CC(C)(C)c1ccc(CC(C)(C)c2ccccc2F)c(F)c1O. The maximum Gasteiger partial charge on any atom is 0.168 e. The largest absolute Gasteiger partial charge is 0.505 e. The maximum atomic E-state index is 14.6. The standard InChI is InChI=1S/C20H24F2O/c1-19(2,3)15-11-10-13(17(22)18(15)23)12-20(4,5)14-8-6-7-9-16(14)21/h6-11,23H,12H2,1-5H3. The zero-order valence-electron chi connectivity index (χ0n) is 14.4. The van der Waals surface area contributed by atoms with Gasteiger partial charge in [0.15, 0.2) is 11.6 Å². The molecule has 0 aromatic heterocycles. The van der Waals surface area contributed by atoms with Gasteiger partial charge in [-0.2, -0.15) is 0 Å². The number of aromatic hydroxyl groups is 1. The van der Waals surface area contributed by atoms with E-state index >= 15 is 0 Å². The van der Waals surface area contributed by atoms with E-state index in [1.165, 1.54) is 6.07 Å². The van der Waals surface area contributed by atoms with E-state index in [1.54, 1.807) is 30.3 Å². The molecule has 0 fully saturated rings. The fourth-order valence-electron chi connectivity index (χ4n) is 2.93. The zero-order chi connectivity index (χ0) is 17.4. The third kappa shape index (κ3) is 3.54. The first kappa shape index (κ1) is 17.5. The lowest BCUT2D eigenvalue weighted by molar-refractivity contribution is 0.400. The third-order valence-corrected chi connectivity index (χ3v) is 4.24. The number of halogens is 2. The van der Waals surface area contributed by atoms with Crippen LogP contribution in [-0.4, -0.2) is 5.11 Å². The van der Waals surface area contributed by atoms with Gasteiger partial charge in [0, 0.05) is 5.56 Å². The van der Waals surface area contributed by atoms with Crippen LogP contribution in [0.25, 0.3) is 0 Å². The third-order valence-electron chi connectivity index (χ3n) is 4.24. The van der Waals surface area contributed by atoms with Gasteiger partial charge in [-0.25, -0.2) is 8.78 Å². The highest BCUT2D eigenvalue weighted by atomic mass is 19.1. The minimum Gasteiger partial charge on any atom is -0.505 e. The Hall–Kier alpha value is -1.90. The molecule has 23 heavy (non-hydrogen) atoms. The van der Waals surface area contributed by atoms with Gasteiger partial charge in [0.25, 0.3) is 0 Å². The highest BCUT2D eigenvalue weighted by Crippen LogP contribution is 2.37. The Morgan fingerprint density at radius 2 is 1.48 bits per heavy atom. The van der Waals surface area contributed by atoms with E-state index in [2.05, 4.69) is 0 Å². The van der Waals surface area contributed by atoms with Gasteiger partial charge in [-0.15, -0.1) is 0 Å². The van der Waals surface area contributed by atoms with Crippen molar-refractivity contribution in [1.82, 2.24) is 0 Å². The van der Waals surface area contributed by atoms with Gasteiger partial charge in [0.1, 0.15) is 5.82 Å². The topological polar surface area (TPSA) is 20.2 Å². The average molecular weight is 318 g/mol. The van der Waals surface area contributed by atoms with Crippen molar-refractivity contribution in [2.45, 2.75) is 51.9 Å². The molecule has 1 nitrogen and oxygen atoms in total. The van der Waals surface area contributed by atoms with Gasteiger partial charge in [-0.05, 0) is 34.4 Å². The summed E-state index contributed by atoms with van der Waals surface area (Å²) in [4.78, 5) is 0. The summed E-state index contributed by atoms with van der Waals surface area (Å²) >= 11 is 0. The molecule has 0 unspecified atom stereocenters. The Balaban J connectivity index is 2.41. The quantitative estimate of drug-likeness (QED) is 0.793. The van der Waals surface area contributed by atoms with E-state index in [-0.39, 0.29) is 17.0 Å². The number of hydrogen-bond acceptors (Lipinski definition) is 1. The lowest BCUT2D eigenvalue weighted by Gasteiger charge is -2.27. The second-order valence-electron chi connectivity index (χ2n) is 7.73. The van der Waals surface area contributed by atoms with E-state index in [4.69, 9.17) is 0 Å². The van der Waals surface area contributed by atoms with Crippen LogP contribution in [0, 0.1) is 11.6 Å². The summed E-state index contributed by atoms with van der Waals surface area (Å²) in [5.41, 5.74) is 0.580. The molecule has 0 heterocycles. The average Bonchev–Trinajstić information content (AvgIpc) is 2.42. The molecule has 0 aliphatic heterocycles. The van der Waals surface area contributed by atoms with Gasteiger partial charge in [0.05, 0.1) is 0 Å². The summed E-state index contributed by atoms with van der Waals surface area (Å²) in [5, 5.41) is 10.2. The van der Waals surface area contributed by atoms with Crippen LogP contribution in [0.3, 0.4) is 0 Å². The first-order valence-corrected chi connectivity index (χ1v) is 7.80. The Morgan fingerprint density at radius 3 is 2.04 bits per heavy atom. The summed E-state index contributed by atoms with van der Waals surface area (Å²) in [5.74, 6) is -1.21. The summed E-state index contributed by atoms with van der Waals surface area (Å²) in [6.07, 6.45) is 0.303. The minimum absolute atomic E-state index is 0.298. The minimum atomic E-state index is -0.609. The van der Waals surface area contributed by atoms with Crippen molar-refractivity contribution in [2.75, 3.05) is 0 Å². The first-order valence-electron chi connectivity index (χ1n) is 7.80. The molecule has 2 rings (SSSR count). The molecule has 1 N–H and O–H groups in total. The molecule has 0 saturated heterocycles. The molecule has 0 spiro atoms. The van der Waals surface area contributed by atoms with Gasteiger partial charge in [-0.3, -0.25) is 0 Å². The van der Waals surface area contributed by atoms with Crippen LogP contribution < -0.4 is 0 Å². The molecule has 3 heteroatoms. The van der Waals surface area contributed by atoms with Crippen LogP contribution in [0.5, 0.6) is 5.75 Å². The molecule has 0 amide bonds. The normalized spacial score (nSPS) is 12.5. The van der Waals surface area contributed by atoms with E-state index in [0.717, 1.165) is 0 Å². The van der Waals surface area contributed by atoms with Crippen molar-refractivity contribution in [3.8, 4) is 5.75 Å². The molecular formula is C20H24F2O. The van der Waals surface area contributed by atoms with Crippen molar-refractivity contribution in [1.29, 1.82) is 0 Å². The summed E-state index contributed by atoms with van der Waals surface area (Å²) in [6, 6.07) is 9.99. The number of phenols is 1. The van der Waals surface area contributed by atoms with E-state index < -0.39 is 11.2 Å². The monoisotopic (exact) mass is 318 g/mol. The maximum absolute atomic E-state index is 14.6. The van der Waals surface area contributed by atoms with Crippen molar-refractivity contribution in [2.24, 2.45) is 0 Å². The van der Waals surface area contributed by atoms with Gasteiger partial charge < -0.3 is 5.11 Å². The fourth-order valence-corrected chi connectivity index (χ4v) is 2.93. The molecular weight excluding hydrogens is 294 g/mol. The van der Waals surface area contributed by atoms with E-state index in [0.29, 0.717) is 23.1 Å². The van der Waals surface area contributed by atoms with Crippen LogP contribution in [0.1, 0.15) is 51.3 Å². The van der Waals surface area contributed by atoms with Crippen LogP contribution in [-0.2, 0) is 17.3 Å². The Kier molecular flexibility index (Phi) is 4.52. The number of hydrogen-bond donors (Lipinski definition) is 1. The second-order valence-corrected chi connectivity index (χ2v) is 7.73. The Labute approximate surface area is 137 Å². The van der Waals surface area contributed by atoms with Crippen molar-refractivity contribution in [3.63, 3.8) is 0 Å². The second kappa shape index (κ2) is 5.95. The number of rotatable bonds is 3. The van der Waals surface area contributed by atoms with Gasteiger partial charge in [-0.1, -0.05) is 65.0 Å². The molecule has 0 bridgehead atoms. The summed E-state index contributed by atoms with van der Waals surface area (Å²) < 4.78 is 28.6. The van der Waals surface area contributed by atoms with E-state index in [9.17, 15) is 13.9 Å². The van der Waals surface area contributed by atoms with E-state index in [1.807, 2.05) is 34.6 Å². The van der Waals surface area contributed by atoms with Crippen molar-refractivity contribution < 1.29 is 13.9 Å². The van der Waals surface area contributed by atoms with Crippen LogP contribution in [0.2, 0.25) is 0 Å². The number of phenolic OH excluding ortho intramolecular Hbond substituents is 1. The molecule has 2 aromatic carbocycles. The van der Waals surface area contributed by atoms with Crippen molar-refractivity contribution >= 4 is 0 Å². The predicted octanol–water partition coefficient (Wildman–Crippen LogP) is 5.49. The molecule has 2 aromatic rings. The molecule has 0 radical (unpaired) electrons. The first-order chi connectivity index (χ1) is 10.5.